The van der Waals surface area contributed by atoms with Gasteiger partial charge in [-0.1, -0.05) is 6.07 Å². The number of ether oxygens (including phenoxy) is 1. The number of aryl methyl sites for hydroxylation is 1. The quantitative estimate of drug-likeness (QED) is 0.918. The number of rotatable bonds is 3. The Labute approximate surface area is 128 Å². The molecule has 1 amide bonds. The first-order valence-corrected chi connectivity index (χ1v) is 7.22. The minimum atomic E-state index is -0.216. The molecule has 22 heavy (non-hydrogen) atoms. The van der Waals surface area contributed by atoms with E-state index in [1.165, 1.54) is 0 Å². The maximum Gasteiger partial charge on any atom is 0.290 e. The smallest absolute Gasteiger partial charge is 0.290 e. The average molecular weight is 301 g/mol. The molecular weight excluding hydrogens is 282 g/mol. The fourth-order valence-electron chi connectivity index (χ4n) is 2.50. The third kappa shape index (κ3) is 2.80. The summed E-state index contributed by atoms with van der Waals surface area (Å²) in [4.78, 5) is 22.9. The Morgan fingerprint density at radius 1 is 1.45 bits per heavy atom. The third-order valence-electron chi connectivity index (χ3n) is 3.72. The van der Waals surface area contributed by atoms with Crippen LogP contribution in [-0.4, -0.2) is 52.1 Å². The molecule has 0 unspecified atom stereocenters. The van der Waals surface area contributed by atoms with Gasteiger partial charge in [-0.15, -0.1) is 0 Å². The molecule has 1 aliphatic heterocycles. The fraction of sp³-hybridized carbons (Fsp3) is 0.400. The second-order valence-electron chi connectivity index (χ2n) is 5.17. The van der Waals surface area contributed by atoms with Crippen molar-refractivity contribution in [2.24, 2.45) is 7.05 Å². The number of nitrogens with zero attached hydrogens (tertiary/aromatic N) is 4. The van der Waals surface area contributed by atoms with Gasteiger partial charge in [0.05, 0.1) is 18.8 Å². The lowest BCUT2D eigenvalue weighted by Crippen LogP contribution is -2.43. The predicted molar refractivity (Wildman–Crippen MR) is 81.6 cm³/mol. The molecular formula is C15H19N5O2. The number of imidazole rings is 1. The van der Waals surface area contributed by atoms with E-state index in [4.69, 9.17) is 4.74 Å². The van der Waals surface area contributed by atoms with E-state index in [1.807, 2.05) is 32.3 Å². The lowest BCUT2D eigenvalue weighted by atomic mass is 10.2. The number of aromatic nitrogens is 3. The van der Waals surface area contributed by atoms with Crippen LogP contribution in [-0.2, 0) is 11.8 Å². The van der Waals surface area contributed by atoms with Gasteiger partial charge in [0.1, 0.15) is 11.9 Å². The molecule has 7 nitrogen and oxygen atoms in total. The van der Waals surface area contributed by atoms with Crippen LogP contribution in [0.4, 0.5) is 5.82 Å². The van der Waals surface area contributed by atoms with E-state index >= 15 is 0 Å². The van der Waals surface area contributed by atoms with E-state index < -0.39 is 0 Å². The van der Waals surface area contributed by atoms with Gasteiger partial charge in [-0.3, -0.25) is 4.79 Å². The topological polar surface area (TPSA) is 72.3 Å². The first-order chi connectivity index (χ1) is 10.7. The van der Waals surface area contributed by atoms with Gasteiger partial charge < -0.3 is 19.5 Å². The predicted octanol–water partition coefficient (Wildman–Crippen LogP) is 1.07. The van der Waals surface area contributed by atoms with E-state index in [1.54, 1.807) is 21.9 Å². The lowest BCUT2D eigenvalue weighted by molar-refractivity contribution is -0.0251. The lowest BCUT2D eigenvalue weighted by Gasteiger charge is -2.32. The number of carbonyl (C=O) groups excluding carboxylic acids is 1. The van der Waals surface area contributed by atoms with Gasteiger partial charge in [0.25, 0.3) is 5.91 Å². The summed E-state index contributed by atoms with van der Waals surface area (Å²) < 4.78 is 7.51. The zero-order chi connectivity index (χ0) is 15.5. The van der Waals surface area contributed by atoms with Crippen LogP contribution in [0.25, 0.3) is 0 Å². The van der Waals surface area contributed by atoms with Crippen molar-refractivity contribution in [3.05, 3.63) is 42.1 Å². The first kappa shape index (κ1) is 14.5. The van der Waals surface area contributed by atoms with Crippen molar-refractivity contribution in [3.8, 4) is 0 Å². The van der Waals surface area contributed by atoms with Crippen molar-refractivity contribution in [3.63, 3.8) is 0 Å². The van der Waals surface area contributed by atoms with Crippen LogP contribution in [0.5, 0.6) is 0 Å². The molecule has 7 heteroatoms. The second kappa shape index (κ2) is 6.15. The number of pyridine rings is 1. The molecule has 116 valence electrons. The Kier molecular flexibility index (Phi) is 4.06. The number of hydrogen-bond acceptors (Lipinski definition) is 5. The Bertz CT molecular complexity index is 669. The summed E-state index contributed by atoms with van der Waals surface area (Å²) in [5.74, 6) is 1.15. The van der Waals surface area contributed by atoms with Crippen molar-refractivity contribution < 1.29 is 9.53 Å². The van der Waals surface area contributed by atoms with E-state index in [0.29, 0.717) is 25.5 Å². The van der Waals surface area contributed by atoms with E-state index in [-0.39, 0.29) is 12.0 Å². The maximum absolute atomic E-state index is 12.5. The molecule has 1 saturated heterocycles. The maximum atomic E-state index is 12.5. The van der Waals surface area contributed by atoms with Gasteiger partial charge in [-0.25, -0.2) is 9.97 Å². The average Bonchev–Trinajstić information content (AvgIpc) is 3.00. The number of amides is 1. The van der Waals surface area contributed by atoms with Gasteiger partial charge in [0.15, 0.2) is 5.82 Å². The van der Waals surface area contributed by atoms with Crippen LogP contribution >= 0.6 is 0 Å². The normalized spacial score (nSPS) is 18.3. The molecule has 3 rings (SSSR count). The molecule has 2 aromatic rings. The minimum absolute atomic E-state index is 0.0782. The SMILES string of the molecule is CNc1cccc([C@H]2CN(C(=O)c3nccn3C)CCO2)n1. The minimum Gasteiger partial charge on any atom is -0.373 e. The van der Waals surface area contributed by atoms with E-state index in [9.17, 15) is 4.79 Å². The summed E-state index contributed by atoms with van der Waals surface area (Å²) in [6, 6.07) is 5.74. The fourth-order valence-corrected chi connectivity index (χ4v) is 2.50. The summed E-state index contributed by atoms with van der Waals surface area (Å²) in [6.07, 6.45) is 3.18. The zero-order valence-electron chi connectivity index (χ0n) is 12.7. The van der Waals surface area contributed by atoms with Crippen LogP contribution in [0.15, 0.2) is 30.6 Å². The Hall–Kier alpha value is -2.41. The van der Waals surface area contributed by atoms with Crippen LogP contribution < -0.4 is 5.32 Å². The summed E-state index contributed by atoms with van der Waals surface area (Å²) in [6.45, 7) is 1.53. The summed E-state index contributed by atoms with van der Waals surface area (Å²) in [5, 5.41) is 3.01. The number of hydrogen-bond donors (Lipinski definition) is 1. The van der Waals surface area contributed by atoms with Gasteiger partial charge in [0.2, 0.25) is 0 Å². The standard InChI is InChI=1S/C15H19N5O2/c1-16-13-5-3-4-11(18-13)12-10-20(8-9-22-12)15(21)14-17-6-7-19(14)2/h3-7,12H,8-10H2,1-2H3,(H,16,18)/t12-/m1/s1. The van der Waals surface area contributed by atoms with Gasteiger partial charge in [0, 0.05) is 33.0 Å². The number of morpholine rings is 1. The molecule has 0 aliphatic carbocycles. The monoisotopic (exact) mass is 301 g/mol. The molecule has 3 heterocycles. The third-order valence-corrected chi connectivity index (χ3v) is 3.72. The van der Waals surface area contributed by atoms with Crippen LogP contribution in [0, 0.1) is 0 Å². The van der Waals surface area contributed by atoms with Crippen LogP contribution in [0.1, 0.15) is 22.4 Å². The summed E-state index contributed by atoms with van der Waals surface area (Å²) in [5.41, 5.74) is 0.823. The number of anilines is 1. The highest BCUT2D eigenvalue weighted by molar-refractivity contribution is 5.90. The highest BCUT2D eigenvalue weighted by Crippen LogP contribution is 2.22. The Morgan fingerprint density at radius 2 is 2.32 bits per heavy atom. The van der Waals surface area contributed by atoms with E-state index in [2.05, 4.69) is 15.3 Å². The summed E-state index contributed by atoms with van der Waals surface area (Å²) in [7, 11) is 3.64. The molecule has 1 N–H and O–H groups in total. The number of nitrogens with one attached hydrogen (secondary N) is 1. The second-order valence-corrected chi connectivity index (χ2v) is 5.17. The Morgan fingerprint density at radius 3 is 3.05 bits per heavy atom. The molecule has 0 bridgehead atoms. The highest BCUT2D eigenvalue weighted by atomic mass is 16.5. The van der Waals surface area contributed by atoms with Crippen LogP contribution in [0.3, 0.4) is 0 Å². The molecule has 0 saturated carbocycles. The molecule has 1 fully saturated rings. The largest absolute Gasteiger partial charge is 0.373 e. The van der Waals surface area contributed by atoms with Crippen molar-refractivity contribution in [1.29, 1.82) is 0 Å². The molecule has 0 spiro atoms. The highest BCUT2D eigenvalue weighted by Gasteiger charge is 2.28. The zero-order valence-corrected chi connectivity index (χ0v) is 12.7. The van der Waals surface area contributed by atoms with Crippen molar-refractivity contribution in [2.75, 3.05) is 32.1 Å². The molecule has 0 aromatic carbocycles. The number of carbonyl (C=O) groups is 1. The van der Waals surface area contributed by atoms with Gasteiger partial charge >= 0.3 is 0 Å². The molecule has 0 radical (unpaired) electrons. The first-order valence-electron chi connectivity index (χ1n) is 7.22. The summed E-state index contributed by atoms with van der Waals surface area (Å²) >= 11 is 0. The van der Waals surface area contributed by atoms with E-state index in [0.717, 1.165) is 11.5 Å². The van der Waals surface area contributed by atoms with Gasteiger partial charge in [-0.05, 0) is 12.1 Å². The van der Waals surface area contributed by atoms with Crippen molar-refractivity contribution in [1.82, 2.24) is 19.4 Å². The molecule has 1 aliphatic rings. The molecule has 1 atom stereocenters. The van der Waals surface area contributed by atoms with Crippen LogP contribution in [0.2, 0.25) is 0 Å². The van der Waals surface area contributed by atoms with Gasteiger partial charge in [-0.2, -0.15) is 0 Å². The van der Waals surface area contributed by atoms with Crippen molar-refractivity contribution >= 4 is 11.7 Å². The Balaban J connectivity index is 1.76. The molecule has 2 aromatic heterocycles. The van der Waals surface area contributed by atoms with Crippen molar-refractivity contribution in [2.45, 2.75) is 6.10 Å².